The van der Waals surface area contributed by atoms with Crippen molar-refractivity contribution in [1.29, 1.82) is 0 Å². The first-order chi connectivity index (χ1) is 14.3. The Balaban J connectivity index is 1.70. The fourth-order valence-corrected chi connectivity index (χ4v) is 4.50. The van der Waals surface area contributed by atoms with Crippen molar-refractivity contribution < 1.29 is 18.0 Å². The van der Waals surface area contributed by atoms with E-state index in [0.717, 1.165) is 0 Å². The van der Waals surface area contributed by atoms with Gasteiger partial charge in [-0.1, -0.05) is 24.6 Å². The molecule has 8 nitrogen and oxygen atoms in total. The minimum absolute atomic E-state index is 0.0373. The Hall–Kier alpha value is -2.49. The third-order valence-electron chi connectivity index (χ3n) is 4.78. The summed E-state index contributed by atoms with van der Waals surface area (Å²) in [6, 6.07) is 9.17. The third-order valence-corrected chi connectivity index (χ3v) is 6.55. The van der Waals surface area contributed by atoms with Gasteiger partial charge in [-0.05, 0) is 43.2 Å². The van der Waals surface area contributed by atoms with Gasteiger partial charge in [0.1, 0.15) is 5.82 Å². The van der Waals surface area contributed by atoms with Gasteiger partial charge in [0.15, 0.2) is 0 Å². The van der Waals surface area contributed by atoms with E-state index in [1.807, 2.05) is 0 Å². The summed E-state index contributed by atoms with van der Waals surface area (Å²) in [5.41, 5.74) is 0.273. The number of hydrogen-bond donors (Lipinski definition) is 2. The number of carbonyl (C=O) groups is 2. The summed E-state index contributed by atoms with van der Waals surface area (Å²) in [4.78, 5) is 31.2. The average molecular weight is 451 g/mol. The van der Waals surface area contributed by atoms with Crippen LogP contribution in [0.25, 0.3) is 0 Å². The maximum atomic E-state index is 13.0. The van der Waals surface area contributed by atoms with Crippen LogP contribution in [0.2, 0.25) is 5.02 Å². The molecule has 2 amide bonds. The summed E-state index contributed by atoms with van der Waals surface area (Å²) in [5, 5.41) is 3.22. The Labute approximate surface area is 180 Å². The van der Waals surface area contributed by atoms with E-state index >= 15 is 0 Å². The molecule has 1 fully saturated rings. The van der Waals surface area contributed by atoms with Crippen LogP contribution >= 0.6 is 11.6 Å². The molecule has 1 saturated heterocycles. The van der Waals surface area contributed by atoms with Crippen molar-refractivity contribution in [1.82, 2.24) is 14.6 Å². The molecule has 160 valence electrons. The molecule has 1 unspecified atom stereocenters. The van der Waals surface area contributed by atoms with Crippen molar-refractivity contribution >= 4 is 39.3 Å². The molecule has 10 heteroatoms. The second kappa shape index (κ2) is 9.55. The van der Waals surface area contributed by atoms with Gasteiger partial charge in [-0.3, -0.25) is 9.59 Å². The highest BCUT2D eigenvalue weighted by molar-refractivity contribution is 7.89. The van der Waals surface area contributed by atoms with Gasteiger partial charge in [0, 0.05) is 31.4 Å². The lowest BCUT2D eigenvalue weighted by Crippen LogP contribution is -2.43. The molecule has 1 aromatic heterocycles. The number of hydrogen-bond acceptors (Lipinski definition) is 5. The zero-order chi connectivity index (χ0) is 21.7. The molecule has 1 aliphatic heterocycles. The summed E-state index contributed by atoms with van der Waals surface area (Å²) in [7, 11) is -3.66. The van der Waals surface area contributed by atoms with Gasteiger partial charge in [0.2, 0.25) is 15.9 Å². The fraction of sp³-hybridized carbons (Fsp3) is 0.350. The van der Waals surface area contributed by atoms with Gasteiger partial charge in [-0.25, -0.2) is 18.1 Å². The van der Waals surface area contributed by atoms with Crippen molar-refractivity contribution in [2.75, 3.05) is 25.0 Å². The van der Waals surface area contributed by atoms with Crippen molar-refractivity contribution in [2.45, 2.75) is 24.7 Å². The van der Waals surface area contributed by atoms with Gasteiger partial charge >= 0.3 is 0 Å². The molecule has 2 heterocycles. The van der Waals surface area contributed by atoms with E-state index < -0.39 is 10.0 Å². The van der Waals surface area contributed by atoms with E-state index in [0.29, 0.717) is 30.2 Å². The lowest BCUT2D eigenvalue weighted by Gasteiger charge is -2.32. The highest BCUT2D eigenvalue weighted by Gasteiger charge is 2.29. The van der Waals surface area contributed by atoms with Crippen LogP contribution in [0.3, 0.4) is 0 Å². The normalized spacial score (nSPS) is 16.9. The number of halogens is 1. The number of anilines is 1. The summed E-state index contributed by atoms with van der Waals surface area (Å²) in [5.74, 6) is -0.500. The molecule has 1 atom stereocenters. The molecule has 0 bridgehead atoms. The van der Waals surface area contributed by atoms with E-state index in [1.54, 1.807) is 30.0 Å². The summed E-state index contributed by atoms with van der Waals surface area (Å²) < 4.78 is 26.8. The SMILES string of the molecule is CCNS(=O)(=O)c1cccc(C(=O)N2CCCC(C(=O)Nc3ccc(Cl)cn3)C2)c1. The number of benzene rings is 1. The van der Waals surface area contributed by atoms with Crippen LogP contribution in [0.15, 0.2) is 47.5 Å². The molecule has 1 aliphatic rings. The minimum atomic E-state index is -3.66. The van der Waals surface area contributed by atoms with Crippen molar-refractivity contribution in [3.8, 4) is 0 Å². The molecule has 0 aliphatic carbocycles. The van der Waals surface area contributed by atoms with Crippen LogP contribution in [0.1, 0.15) is 30.1 Å². The molecule has 2 N–H and O–H groups in total. The highest BCUT2D eigenvalue weighted by atomic mass is 35.5. The van der Waals surface area contributed by atoms with Gasteiger partial charge in [-0.15, -0.1) is 0 Å². The molecule has 30 heavy (non-hydrogen) atoms. The quantitative estimate of drug-likeness (QED) is 0.702. The first kappa shape index (κ1) is 22.2. The van der Waals surface area contributed by atoms with Gasteiger partial charge in [-0.2, -0.15) is 0 Å². The Morgan fingerprint density at radius 1 is 1.27 bits per heavy atom. The van der Waals surface area contributed by atoms with E-state index in [2.05, 4.69) is 15.0 Å². The number of nitrogens with one attached hydrogen (secondary N) is 2. The predicted molar refractivity (Wildman–Crippen MR) is 114 cm³/mol. The summed E-state index contributed by atoms with van der Waals surface area (Å²) >= 11 is 5.80. The number of pyridine rings is 1. The Morgan fingerprint density at radius 3 is 2.77 bits per heavy atom. The van der Waals surface area contributed by atoms with Crippen LogP contribution in [0, 0.1) is 5.92 Å². The smallest absolute Gasteiger partial charge is 0.253 e. The zero-order valence-electron chi connectivity index (χ0n) is 16.5. The van der Waals surface area contributed by atoms with E-state index in [-0.39, 0.29) is 41.3 Å². The van der Waals surface area contributed by atoms with Crippen molar-refractivity contribution in [3.05, 3.63) is 53.2 Å². The van der Waals surface area contributed by atoms with Gasteiger partial charge < -0.3 is 10.2 Å². The number of amides is 2. The fourth-order valence-electron chi connectivity index (χ4n) is 3.31. The van der Waals surface area contributed by atoms with Crippen LogP contribution in [0.4, 0.5) is 5.82 Å². The van der Waals surface area contributed by atoms with Gasteiger partial charge in [0.05, 0.1) is 15.8 Å². The number of nitrogens with zero attached hydrogens (tertiary/aromatic N) is 2. The monoisotopic (exact) mass is 450 g/mol. The van der Waals surface area contributed by atoms with Crippen LogP contribution in [-0.4, -0.2) is 49.8 Å². The Morgan fingerprint density at radius 2 is 2.07 bits per heavy atom. The zero-order valence-corrected chi connectivity index (χ0v) is 18.0. The average Bonchev–Trinajstić information content (AvgIpc) is 2.75. The first-order valence-electron chi connectivity index (χ1n) is 9.61. The number of piperidine rings is 1. The van der Waals surface area contributed by atoms with E-state index in [4.69, 9.17) is 11.6 Å². The molecule has 0 radical (unpaired) electrons. The number of likely N-dealkylation sites (tertiary alicyclic amines) is 1. The number of carbonyl (C=O) groups excluding carboxylic acids is 2. The highest BCUT2D eigenvalue weighted by Crippen LogP contribution is 2.21. The molecule has 0 saturated carbocycles. The third kappa shape index (κ3) is 5.35. The lowest BCUT2D eigenvalue weighted by molar-refractivity contribution is -0.121. The maximum Gasteiger partial charge on any atom is 0.253 e. The second-order valence-corrected chi connectivity index (χ2v) is 9.17. The number of aromatic nitrogens is 1. The first-order valence-corrected chi connectivity index (χ1v) is 11.5. The molecule has 3 rings (SSSR count). The summed E-state index contributed by atoms with van der Waals surface area (Å²) in [6.45, 7) is 2.70. The number of rotatable bonds is 6. The van der Waals surface area contributed by atoms with Crippen molar-refractivity contribution in [3.63, 3.8) is 0 Å². The van der Waals surface area contributed by atoms with Crippen LogP contribution in [0.5, 0.6) is 0 Å². The molecule has 0 spiro atoms. The van der Waals surface area contributed by atoms with E-state index in [9.17, 15) is 18.0 Å². The predicted octanol–water partition coefficient (Wildman–Crippen LogP) is 2.52. The molecule has 2 aromatic rings. The lowest BCUT2D eigenvalue weighted by atomic mass is 9.96. The minimum Gasteiger partial charge on any atom is -0.338 e. The Kier molecular flexibility index (Phi) is 7.06. The largest absolute Gasteiger partial charge is 0.338 e. The number of sulfonamides is 1. The maximum absolute atomic E-state index is 13.0. The topological polar surface area (TPSA) is 108 Å². The van der Waals surface area contributed by atoms with E-state index in [1.165, 1.54) is 24.4 Å². The van der Waals surface area contributed by atoms with Gasteiger partial charge in [0.25, 0.3) is 5.91 Å². The molecular weight excluding hydrogens is 428 g/mol. The van der Waals surface area contributed by atoms with Crippen LogP contribution < -0.4 is 10.0 Å². The Bertz CT molecular complexity index is 1030. The van der Waals surface area contributed by atoms with Crippen LogP contribution in [-0.2, 0) is 14.8 Å². The van der Waals surface area contributed by atoms with Crippen molar-refractivity contribution in [2.24, 2.45) is 5.92 Å². The standard InChI is InChI=1S/C20H23ClN4O4S/c1-2-23-30(28,29)17-7-3-5-14(11-17)20(27)25-10-4-6-15(13-25)19(26)24-18-9-8-16(21)12-22-18/h3,5,7-9,11-12,15,23H,2,4,6,10,13H2,1H3,(H,22,24,26). The molecule has 1 aromatic carbocycles. The molecular formula is C20H23ClN4O4S. The summed E-state index contributed by atoms with van der Waals surface area (Å²) in [6.07, 6.45) is 2.77. The second-order valence-electron chi connectivity index (χ2n) is 6.97.